The molecule has 1 atom stereocenters. The highest BCUT2D eigenvalue weighted by molar-refractivity contribution is 8.00. The highest BCUT2D eigenvalue weighted by Crippen LogP contribution is 2.28. The van der Waals surface area contributed by atoms with Gasteiger partial charge < -0.3 is 10.1 Å². The lowest BCUT2D eigenvalue weighted by Gasteiger charge is -2.18. The van der Waals surface area contributed by atoms with E-state index in [1.54, 1.807) is 17.7 Å². The molecule has 8 nitrogen and oxygen atoms in total. The molecular formula is C20H25ClN6O2S. The summed E-state index contributed by atoms with van der Waals surface area (Å²) < 4.78 is 6.74. The lowest BCUT2D eigenvalue weighted by atomic mass is 10.2. The SMILES string of the molecule is CCC(Sc1nc2n[nH]c(C)c2c(=N)n1-c1ccc(Cl)c(C)c1)C(=O)NCCOC. The van der Waals surface area contributed by atoms with Crippen molar-refractivity contribution in [2.75, 3.05) is 20.3 Å². The summed E-state index contributed by atoms with van der Waals surface area (Å²) in [4.78, 5) is 17.3. The molecule has 160 valence electrons. The lowest BCUT2D eigenvalue weighted by Crippen LogP contribution is -2.35. The van der Waals surface area contributed by atoms with Gasteiger partial charge in [-0.1, -0.05) is 30.3 Å². The number of nitrogens with one attached hydrogen (secondary N) is 3. The number of hydrogen-bond acceptors (Lipinski definition) is 6. The van der Waals surface area contributed by atoms with E-state index in [9.17, 15) is 4.79 Å². The van der Waals surface area contributed by atoms with Crippen LogP contribution in [0.15, 0.2) is 23.4 Å². The van der Waals surface area contributed by atoms with Gasteiger partial charge in [-0.25, -0.2) is 4.98 Å². The summed E-state index contributed by atoms with van der Waals surface area (Å²) in [6, 6.07) is 5.56. The number of hydrogen-bond donors (Lipinski definition) is 3. The summed E-state index contributed by atoms with van der Waals surface area (Å²) in [5.74, 6) is -0.0926. The average Bonchev–Trinajstić information content (AvgIpc) is 3.09. The van der Waals surface area contributed by atoms with Gasteiger partial charge in [-0.05, 0) is 44.0 Å². The molecule has 3 aromatic rings. The van der Waals surface area contributed by atoms with Gasteiger partial charge in [-0.15, -0.1) is 0 Å². The minimum atomic E-state index is -0.370. The average molecular weight is 449 g/mol. The number of fused-ring (bicyclic) bond motifs is 1. The van der Waals surface area contributed by atoms with Crippen molar-refractivity contribution in [3.63, 3.8) is 0 Å². The Labute approximate surface area is 183 Å². The molecule has 2 aromatic heterocycles. The number of H-pyrrole nitrogens is 1. The number of ether oxygens (including phenoxy) is 1. The van der Waals surface area contributed by atoms with Crippen molar-refractivity contribution < 1.29 is 9.53 Å². The molecule has 3 rings (SSSR count). The number of aromatic nitrogens is 4. The Hall–Kier alpha value is -2.36. The molecule has 0 aliphatic carbocycles. The third kappa shape index (κ3) is 4.53. The van der Waals surface area contributed by atoms with E-state index in [4.69, 9.17) is 21.7 Å². The van der Waals surface area contributed by atoms with Crippen LogP contribution in [-0.4, -0.2) is 51.2 Å². The van der Waals surface area contributed by atoms with Gasteiger partial charge in [0.15, 0.2) is 10.8 Å². The molecule has 0 radical (unpaired) electrons. The summed E-state index contributed by atoms with van der Waals surface area (Å²) in [5, 5.41) is 20.3. The maximum atomic E-state index is 12.6. The summed E-state index contributed by atoms with van der Waals surface area (Å²) >= 11 is 7.52. The molecule has 3 N–H and O–H groups in total. The Morgan fingerprint density at radius 1 is 1.43 bits per heavy atom. The second kappa shape index (κ2) is 9.63. The molecule has 0 saturated heterocycles. The van der Waals surface area contributed by atoms with E-state index >= 15 is 0 Å². The summed E-state index contributed by atoms with van der Waals surface area (Å²) in [6.07, 6.45) is 0.607. The fraction of sp³-hybridized carbons (Fsp3) is 0.400. The Balaban J connectivity index is 2.09. The van der Waals surface area contributed by atoms with Crippen molar-refractivity contribution in [1.82, 2.24) is 25.1 Å². The van der Waals surface area contributed by atoms with Crippen LogP contribution in [0.2, 0.25) is 5.02 Å². The van der Waals surface area contributed by atoms with E-state index < -0.39 is 0 Å². The number of carbonyl (C=O) groups excluding carboxylic acids is 1. The molecule has 0 saturated carbocycles. The first-order valence-electron chi connectivity index (χ1n) is 9.59. The zero-order chi connectivity index (χ0) is 21.8. The molecular weight excluding hydrogens is 424 g/mol. The maximum absolute atomic E-state index is 12.6. The Morgan fingerprint density at radius 2 is 2.20 bits per heavy atom. The van der Waals surface area contributed by atoms with Crippen LogP contribution in [0.4, 0.5) is 0 Å². The standard InChI is InChI=1S/C20H25ClN6O2S/c1-5-15(19(28)23-8-9-29-4)30-20-24-18-16(12(3)25-26-18)17(22)27(20)13-6-7-14(21)11(2)10-13/h6-7,10,15,22H,5,8-9H2,1-4H3,(H,23,28)(H,25,26). The normalized spacial score (nSPS) is 12.3. The van der Waals surface area contributed by atoms with Gasteiger partial charge in [0, 0.05) is 30.1 Å². The minimum Gasteiger partial charge on any atom is -0.383 e. The number of thioether (sulfide) groups is 1. The van der Waals surface area contributed by atoms with Gasteiger partial charge >= 0.3 is 0 Å². The predicted molar refractivity (Wildman–Crippen MR) is 118 cm³/mol. The van der Waals surface area contributed by atoms with E-state index in [1.165, 1.54) is 11.8 Å². The number of rotatable bonds is 8. The van der Waals surface area contributed by atoms with Crippen LogP contribution < -0.4 is 10.8 Å². The zero-order valence-corrected chi connectivity index (χ0v) is 18.9. The maximum Gasteiger partial charge on any atom is 0.233 e. The molecule has 10 heteroatoms. The fourth-order valence-corrected chi connectivity index (χ4v) is 4.23. The second-order valence-corrected chi connectivity index (χ2v) is 8.43. The number of methoxy groups -OCH3 is 1. The van der Waals surface area contributed by atoms with Crippen LogP contribution in [0.25, 0.3) is 16.7 Å². The molecule has 0 fully saturated rings. The third-order valence-corrected chi connectivity index (χ3v) is 6.44. The van der Waals surface area contributed by atoms with Gasteiger partial charge in [0.05, 0.1) is 17.2 Å². The number of benzene rings is 1. The Bertz CT molecular complexity index is 1130. The first-order valence-corrected chi connectivity index (χ1v) is 10.8. The lowest BCUT2D eigenvalue weighted by molar-refractivity contribution is -0.120. The highest BCUT2D eigenvalue weighted by atomic mass is 35.5. The summed E-state index contributed by atoms with van der Waals surface area (Å²) in [5.41, 5.74) is 3.13. The van der Waals surface area contributed by atoms with Crippen LogP contribution in [0, 0.1) is 19.3 Å². The third-order valence-electron chi connectivity index (χ3n) is 4.70. The second-order valence-electron chi connectivity index (χ2n) is 6.86. The van der Waals surface area contributed by atoms with Crippen molar-refractivity contribution in [3.8, 4) is 5.69 Å². The van der Waals surface area contributed by atoms with Crippen LogP contribution >= 0.6 is 23.4 Å². The Morgan fingerprint density at radius 3 is 2.87 bits per heavy atom. The smallest absolute Gasteiger partial charge is 0.233 e. The van der Waals surface area contributed by atoms with E-state index in [-0.39, 0.29) is 16.6 Å². The highest BCUT2D eigenvalue weighted by Gasteiger charge is 2.23. The predicted octanol–water partition coefficient (Wildman–Crippen LogP) is 3.13. The molecule has 30 heavy (non-hydrogen) atoms. The van der Waals surface area contributed by atoms with Crippen LogP contribution in [0.3, 0.4) is 0 Å². The van der Waals surface area contributed by atoms with Crippen LogP contribution in [-0.2, 0) is 9.53 Å². The summed E-state index contributed by atoms with van der Waals surface area (Å²) in [7, 11) is 1.59. The molecule has 0 spiro atoms. The van der Waals surface area contributed by atoms with Crippen LogP contribution in [0.1, 0.15) is 24.6 Å². The largest absolute Gasteiger partial charge is 0.383 e. The zero-order valence-electron chi connectivity index (χ0n) is 17.4. The van der Waals surface area contributed by atoms with Crippen molar-refractivity contribution >= 4 is 40.3 Å². The monoisotopic (exact) mass is 448 g/mol. The first kappa shape index (κ1) is 22.3. The van der Waals surface area contributed by atoms with Gasteiger partial charge in [0.1, 0.15) is 5.49 Å². The molecule has 2 heterocycles. The number of aromatic amines is 1. The number of halogens is 1. The number of aryl methyl sites for hydroxylation is 2. The van der Waals surface area contributed by atoms with E-state index in [2.05, 4.69) is 20.5 Å². The molecule has 1 amide bonds. The fourth-order valence-electron chi connectivity index (χ4n) is 3.05. The topological polar surface area (TPSA) is 109 Å². The van der Waals surface area contributed by atoms with Crippen molar-refractivity contribution in [1.29, 1.82) is 5.41 Å². The molecule has 0 aliphatic rings. The molecule has 1 unspecified atom stereocenters. The van der Waals surface area contributed by atoms with Gasteiger partial charge in [-0.2, -0.15) is 5.10 Å². The van der Waals surface area contributed by atoms with E-state index in [0.29, 0.717) is 40.8 Å². The first-order chi connectivity index (χ1) is 14.4. The summed E-state index contributed by atoms with van der Waals surface area (Å²) in [6.45, 7) is 6.61. The quantitative estimate of drug-likeness (QED) is 0.278. The molecule has 0 bridgehead atoms. The van der Waals surface area contributed by atoms with Gasteiger partial charge in [-0.3, -0.25) is 19.9 Å². The number of amides is 1. The van der Waals surface area contributed by atoms with Gasteiger partial charge in [0.2, 0.25) is 5.91 Å². The minimum absolute atomic E-state index is 0.0926. The Kier molecular flexibility index (Phi) is 7.17. The molecule has 1 aromatic carbocycles. The van der Waals surface area contributed by atoms with E-state index in [1.807, 2.05) is 32.9 Å². The van der Waals surface area contributed by atoms with Crippen molar-refractivity contribution in [3.05, 3.63) is 40.0 Å². The van der Waals surface area contributed by atoms with Gasteiger partial charge in [0.25, 0.3) is 0 Å². The van der Waals surface area contributed by atoms with Crippen molar-refractivity contribution in [2.45, 2.75) is 37.6 Å². The van der Waals surface area contributed by atoms with E-state index in [0.717, 1.165) is 16.9 Å². The number of nitrogens with zero attached hydrogens (tertiary/aromatic N) is 3. The molecule has 0 aliphatic heterocycles. The van der Waals surface area contributed by atoms with Crippen LogP contribution in [0.5, 0.6) is 0 Å². The number of carbonyl (C=O) groups is 1. The van der Waals surface area contributed by atoms with Crippen molar-refractivity contribution in [2.24, 2.45) is 0 Å².